The minimum atomic E-state index is 0.728. The molecule has 0 saturated heterocycles. The summed E-state index contributed by atoms with van der Waals surface area (Å²) >= 11 is 0. The van der Waals surface area contributed by atoms with Crippen molar-refractivity contribution in [3.63, 3.8) is 0 Å². The molecule has 0 heterocycles. The molecule has 0 aliphatic heterocycles. The molecule has 1 aromatic rings. The third-order valence-electron chi connectivity index (χ3n) is 4.45. The first kappa shape index (κ1) is 10.9. The summed E-state index contributed by atoms with van der Waals surface area (Å²) in [7, 11) is 4.19. The molecule has 17 heavy (non-hydrogen) atoms. The summed E-state index contributed by atoms with van der Waals surface area (Å²) in [6, 6.07) is 9.48. The number of anilines is 2. The molecule has 0 amide bonds. The normalized spacial score (nSPS) is 30.6. The molecule has 3 atom stereocenters. The second-order valence-electron chi connectivity index (χ2n) is 5.87. The van der Waals surface area contributed by atoms with Crippen molar-refractivity contribution >= 4 is 11.4 Å². The van der Waals surface area contributed by atoms with Crippen LogP contribution in [0, 0.1) is 11.8 Å². The molecule has 2 fully saturated rings. The maximum atomic E-state index is 3.74. The second-order valence-corrected chi connectivity index (χ2v) is 5.87. The fraction of sp³-hybridized carbons (Fsp3) is 0.600. The highest BCUT2D eigenvalue weighted by atomic mass is 15.1. The minimum absolute atomic E-state index is 0.728. The zero-order valence-corrected chi connectivity index (χ0v) is 10.8. The van der Waals surface area contributed by atoms with Gasteiger partial charge in [-0.3, -0.25) is 0 Å². The van der Waals surface area contributed by atoms with Crippen LogP contribution < -0.4 is 10.2 Å². The Morgan fingerprint density at radius 1 is 1.18 bits per heavy atom. The van der Waals surface area contributed by atoms with E-state index in [2.05, 4.69) is 48.6 Å². The van der Waals surface area contributed by atoms with Crippen LogP contribution in [0.25, 0.3) is 0 Å². The summed E-state index contributed by atoms with van der Waals surface area (Å²) < 4.78 is 0. The molecule has 92 valence electrons. The largest absolute Gasteiger partial charge is 0.382 e. The lowest BCUT2D eigenvalue weighted by atomic mass is 9.95. The number of nitrogens with zero attached hydrogens (tertiary/aromatic N) is 1. The SMILES string of the molecule is CN(C)c1cccc(NC2CC3CCC2C3)c1. The van der Waals surface area contributed by atoms with E-state index in [0.29, 0.717) is 0 Å². The predicted octanol–water partition coefficient (Wildman–Crippen LogP) is 3.35. The average Bonchev–Trinajstić information content (AvgIpc) is 2.91. The predicted molar refractivity (Wildman–Crippen MR) is 73.6 cm³/mol. The molecule has 0 spiro atoms. The van der Waals surface area contributed by atoms with Crippen LogP contribution in [0.15, 0.2) is 24.3 Å². The van der Waals surface area contributed by atoms with Crippen molar-refractivity contribution in [1.29, 1.82) is 0 Å². The number of nitrogens with one attached hydrogen (secondary N) is 1. The zero-order chi connectivity index (χ0) is 11.8. The van der Waals surface area contributed by atoms with Gasteiger partial charge in [0.15, 0.2) is 0 Å². The van der Waals surface area contributed by atoms with E-state index in [1.54, 1.807) is 0 Å². The summed E-state index contributed by atoms with van der Waals surface area (Å²) in [6.07, 6.45) is 5.76. The third-order valence-corrected chi connectivity index (χ3v) is 4.45. The topological polar surface area (TPSA) is 15.3 Å². The lowest BCUT2D eigenvalue weighted by molar-refractivity contribution is 0.440. The lowest BCUT2D eigenvalue weighted by Crippen LogP contribution is -2.25. The van der Waals surface area contributed by atoms with Crippen LogP contribution in [0.4, 0.5) is 11.4 Å². The van der Waals surface area contributed by atoms with E-state index in [4.69, 9.17) is 0 Å². The molecule has 3 unspecified atom stereocenters. The van der Waals surface area contributed by atoms with E-state index >= 15 is 0 Å². The van der Waals surface area contributed by atoms with Crippen molar-refractivity contribution in [1.82, 2.24) is 0 Å². The average molecular weight is 230 g/mol. The molecule has 3 rings (SSSR count). The van der Waals surface area contributed by atoms with Gasteiger partial charge in [0.25, 0.3) is 0 Å². The molecular weight excluding hydrogens is 208 g/mol. The van der Waals surface area contributed by atoms with Crippen molar-refractivity contribution < 1.29 is 0 Å². The fourth-order valence-corrected chi connectivity index (χ4v) is 3.51. The fourth-order valence-electron chi connectivity index (χ4n) is 3.51. The first-order valence-corrected chi connectivity index (χ1v) is 6.76. The summed E-state index contributed by atoms with van der Waals surface area (Å²) in [5.41, 5.74) is 2.56. The molecule has 2 aliphatic rings. The Kier molecular flexibility index (Phi) is 2.73. The Hall–Kier alpha value is -1.18. The highest BCUT2D eigenvalue weighted by molar-refractivity contribution is 5.57. The van der Waals surface area contributed by atoms with Crippen molar-refractivity contribution in [2.75, 3.05) is 24.3 Å². The van der Waals surface area contributed by atoms with E-state index in [0.717, 1.165) is 17.9 Å². The van der Waals surface area contributed by atoms with Gasteiger partial charge in [-0.1, -0.05) is 12.5 Å². The zero-order valence-electron chi connectivity index (χ0n) is 10.8. The van der Waals surface area contributed by atoms with E-state index in [1.807, 2.05) is 0 Å². The Morgan fingerprint density at radius 3 is 2.71 bits per heavy atom. The Balaban J connectivity index is 1.70. The number of hydrogen-bond donors (Lipinski definition) is 1. The molecule has 2 heteroatoms. The molecule has 1 aromatic carbocycles. The van der Waals surface area contributed by atoms with Crippen LogP contribution in [-0.2, 0) is 0 Å². The van der Waals surface area contributed by atoms with Crippen LogP contribution in [0.2, 0.25) is 0 Å². The van der Waals surface area contributed by atoms with Gasteiger partial charge in [-0.15, -0.1) is 0 Å². The van der Waals surface area contributed by atoms with Crippen LogP contribution >= 0.6 is 0 Å². The van der Waals surface area contributed by atoms with Crippen molar-refractivity contribution in [2.24, 2.45) is 11.8 Å². The van der Waals surface area contributed by atoms with Crippen LogP contribution in [0.3, 0.4) is 0 Å². The highest BCUT2D eigenvalue weighted by Crippen LogP contribution is 2.45. The lowest BCUT2D eigenvalue weighted by Gasteiger charge is -2.24. The van der Waals surface area contributed by atoms with Crippen LogP contribution in [0.5, 0.6) is 0 Å². The molecule has 2 nitrogen and oxygen atoms in total. The first-order chi connectivity index (χ1) is 8.22. The summed E-state index contributed by atoms with van der Waals surface area (Å²) in [4.78, 5) is 2.16. The molecule has 0 radical (unpaired) electrons. The van der Waals surface area contributed by atoms with Crippen molar-refractivity contribution in [3.05, 3.63) is 24.3 Å². The molecular formula is C15H22N2. The van der Waals surface area contributed by atoms with Gasteiger partial charge in [-0.05, 0) is 49.3 Å². The quantitative estimate of drug-likeness (QED) is 0.856. The van der Waals surface area contributed by atoms with Gasteiger partial charge < -0.3 is 10.2 Å². The first-order valence-electron chi connectivity index (χ1n) is 6.76. The third kappa shape index (κ3) is 2.13. The second kappa shape index (κ2) is 4.25. The maximum absolute atomic E-state index is 3.74. The standard InChI is InChI=1S/C15H22N2/c1-17(2)14-5-3-4-13(10-14)16-15-9-11-6-7-12(15)8-11/h3-5,10-12,15-16H,6-9H2,1-2H3. The van der Waals surface area contributed by atoms with E-state index < -0.39 is 0 Å². The number of rotatable bonds is 3. The van der Waals surface area contributed by atoms with Gasteiger partial charge in [0.05, 0.1) is 0 Å². The van der Waals surface area contributed by atoms with Gasteiger partial charge in [-0.2, -0.15) is 0 Å². The van der Waals surface area contributed by atoms with Gasteiger partial charge in [-0.25, -0.2) is 0 Å². The maximum Gasteiger partial charge on any atom is 0.0381 e. The summed E-state index contributed by atoms with van der Waals surface area (Å²) in [5, 5.41) is 3.74. The number of benzene rings is 1. The van der Waals surface area contributed by atoms with Crippen LogP contribution in [0.1, 0.15) is 25.7 Å². The smallest absolute Gasteiger partial charge is 0.0381 e. The molecule has 2 saturated carbocycles. The van der Waals surface area contributed by atoms with Gasteiger partial charge in [0.2, 0.25) is 0 Å². The van der Waals surface area contributed by atoms with Crippen LogP contribution in [-0.4, -0.2) is 20.1 Å². The van der Waals surface area contributed by atoms with Gasteiger partial charge in [0.1, 0.15) is 0 Å². The summed E-state index contributed by atoms with van der Waals surface area (Å²) in [6.45, 7) is 0. The number of hydrogen-bond acceptors (Lipinski definition) is 2. The van der Waals surface area contributed by atoms with Gasteiger partial charge >= 0.3 is 0 Å². The summed E-state index contributed by atoms with van der Waals surface area (Å²) in [5.74, 6) is 1.94. The van der Waals surface area contributed by atoms with Gasteiger partial charge in [0, 0.05) is 31.5 Å². The molecule has 0 aromatic heterocycles. The Morgan fingerprint density at radius 2 is 2.06 bits per heavy atom. The van der Waals surface area contributed by atoms with E-state index in [1.165, 1.54) is 37.1 Å². The molecule has 2 bridgehead atoms. The highest BCUT2D eigenvalue weighted by Gasteiger charge is 2.39. The Labute approximate surface area is 104 Å². The Bertz CT molecular complexity index is 400. The minimum Gasteiger partial charge on any atom is -0.382 e. The van der Waals surface area contributed by atoms with E-state index in [9.17, 15) is 0 Å². The number of fused-ring (bicyclic) bond motifs is 2. The molecule has 1 N–H and O–H groups in total. The van der Waals surface area contributed by atoms with E-state index in [-0.39, 0.29) is 0 Å². The van der Waals surface area contributed by atoms with Crippen molar-refractivity contribution in [3.8, 4) is 0 Å². The molecule has 2 aliphatic carbocycles. The van der Waals surface area contributed by atoms with Crippen molar-refractivity contribution in [2.45, 2.75) is 31.7 Å². The monoisotopic (exact) mass is 230 g/mol.